The van der Waals surface area contributed by atoms with Crippen molar-refractivity contribution >= 4 is 0 Å². The van der Waals surface area contributed by atoms with Crippen LogP contribution >= 0.6 is 0 Å². The number of hydrogen-bond acceptors (Lipinski definition) is 3. The van der Waals surface area contributed by atoms with Gasteiger partial charge in [0.25, 0.3) is 0 Å². The third-order valence-corrected chi connectivity index (χ3v) is 3.40. The summed E-state index contributed by atoms with van der Waals surface area (Å²) in [5.74, 6) is -0.192. The molecule has 0 aliphatic carbocycles. The molecular weight excluding hydrogens is 274 g/mol. The van der Waals surface area contributed by atoms with Crippen LogP contribution in [0.5, 0.6) is 0 Å². The first-order valence-corrected chi connectivity index (χ1v) is 7.18. The lowest BCUT2D eigenvalue weighted by Crippen LogP contribution is -2.34. The van der Waals surface area contributed by atoms with Crippen molar-refractivity contribution < 1.29 is 8.78 Å². The number of benzene rings is 1. The molecule has 0 bridgehead atoms. The van der Waals surface area contributed by atoms with Gasteiger partial charge in [-0.2, -0.15) is 5.10 Å². The van der Waals surface area contributed by atoms with Crippen LogP contribution in [0.15, 0.2) is 24.5 Å². The minimum atomic E-state index is -0.554. The maximum atomic E-state index is 13.8. The molecule has 0 radical (unpaired) electrons. The molecule has 114 valence electrons. The highest BCUT2D eigenvalue weighted by atomic mass is 19.1. The Morgan fingerprint density at radius 3 is 2.71 bits per heavy atom. The zero-order valence-electron chi connectivity index (χ0n) is 12.3. The molecule has 6 heteroatoms. The number of aryl methyl sites for hydroxylation is 1. The van der Waals surface area contributed by atoms with Crippen molar-refractivity contribution in [2.45, 2.75) is 39.3 Å². The average molecular weight is 294 g/mol. The third kappa shape index (κ3) is 4.07. The quantitative estimate of drug-likeness (QED) is 0.852. The molecule has 1 unspecified atom stereocenters. The Hall–Kier alpha value is -1.82. The van der Waals surface area contributed by atoms with Crippen molar-refractivity contribution in [1.82, 2.24) is 20.1 Å². The summed E-state index contributed by atoms with van der Waals surface area (Å²) in [4.78, 5) is 4.25. The zero-order valence-corrected chi connectivity index (χ0v) is 12.3. The summed E-state index contributed by atoms with van der Waals surface area (Å²) in [6.45, 7) is 5.52. The van der Waals surface area contributed by atoms with Gasteiger partial charge in [0.15, 0.2) is 0 Å². The van der Waals surface area contributed by atoms with Gasteiger partial charge >= 0.3 is 0 Å². The largest absolute Gasteiger partial charge is 0.313 e. The summed E-state index contributed by atoms with van der Waals surface area (Å²) >= 11 is 0. The lowest BCUT2D eigenvalue weighted by atomic mass is 10.0. The Labute approximate surface area is 123 Å². The Morgan fingerprint density at radius 2 is 2.05 bits per heavy atom. The monoisotopic (exact) mass is 294 g/mol. The molecule has 1 aromatic carbocycles. The van der Waals surface area contributed by atoms with Crippen LogP contribution in [-0.2, 0) is 19.4 Å². The van der Waals surface area contributed by atoms with E-state index in [9.17, 15) is 8.78 Å². The molecule has 1 atom stereocenters. The fourth-order valence-electron chi connectivity index (χ4n) is 2.39. The molecule has 1 heterocycles. The lowest BCUT2D eigenvalue weighted by Gasteiger charge is -2.18. The van der Waals surface area contributed by atoms with E-state index < -0.39 is 11.6 Å². The van der Waals surface area contributed by atoms with E-state index in [1.54, 1.807) is 0 Å². The van der Waals surface area contributed by atoms with E-state index in [1.807, 2.05) is 18.5 Å². The maximum absolute atomic E-state index is 13.8. The molecule has 1 N–H and O–H groups in total. The molecule has 0 spiro atoms. The molecule has 21 heavy (non-hydrogen) atoms. The number of likely N-dealkylation sites (N-methyl/N-ethyl adjacent to an activating group) is 1. The second kappa shape index (κ2) is 7.26. The van der Waals surface area contributed by atoms with Crippen LogP contribution in [0.2, 0.25) is 0 Å². The number of aromatic nitrogens is 3. The van der Waals surface area contributed by atoms with E-state index >= 15 is 0 Å². The van der Waals surface area contributed by atoms with Crippen LogP contribution in [0.25, 0.3) is 0 Å². The molecule has 0 saturated heterocycles. The summed E-state index contributed by atoms with van der Waals surface area (Å²) in [6.07, 6.45) is 2.66. The van der Waals surface area contributed by atoms with E-state index in [0.717, 1.165) is 25.0 Å². The van der Waals surface area contributed by atoms with Crippen LogP contribution in [-0.4, -0.2) is 27.4 Å². The minimum absolute atomic E-state index is 0.0319. The molecular formula is C15H20F2N4. The second-order valence-electron chi connectivity index (χ2n) is 4.89. The lowest BCUT2D eigenvalue weighted by molar-refractivity contribution is 0.478. The van der Waals surface area contributed by atoms with Crippen LogP contribution in [0, 0.1) is 11.6 Å². The van der Waals surface area contributed by atoms with Gasteiger partial charge in [0.2, 0.25) is 0 Å². The fraction of sp³-hybridized carbons (Fsp3) is 0.467. The summed E-state index contributed by atoms with van der Waals surface area (Å²) < 4.78 is 28.6. The highest BCUT2D eigenvalue weighted by Gasteiger charge is 2.15. The van der Waals surface area contributed by atoms with Gasteiger partial charge in [-0.05, 0) is 31.5 Å². The first kappa shape index (κ1) is 15.6. The molecule has 0 saturated carbocycles. The second-order valence-corrected chi connectivity index (χ2v) is 4.89. The first-order chi connectivity index (χ1) is 10.1. The Balaban J connectivity index is 2.11. The molecule has 2 aromatic rings. The molecule has 1 aromatic heterocycles. The molecule has 4 nitrogen and oxygen atoms in total. The standard InChI is InChI=1S/C15H20F2N4/c1-3-18-13(9-15-19-10-20-21(15)4-2)7-11-5-6-12(16)8-14(11)17/h5-6,8,10,13,18H,3-4,7,9H2,1-2H3. The van der Waals surface area contributed by atoms with Gasteiger partial charge in [0.05, 0.1) is 0 Å². The van der Waals surface area contributed by atoms with Crippen molar-refractivity contribution in [2.24, 2.45) is 0 Å². The summed E-state index contributed by atoms with van der Waals surface area (Å²) in [7, 11) is 0. The zero-order chi connectivity index (χ0) is 15.2. The number of rotatable bonds is 7. The maximum Gasteiger partial charge on any atom is 0.138 e. The summed E-state index contributed by atoms with van der Waals surface area (Å²) in [5.41, 5.74) is 0.505. The predicted molar refractivity (Wildman–Crippen MR) is 76.9 cm³/mol. The van der Waals surface area contributed by atoms with Crippen LogP contribution in [0.3, 0.4) is 0 Å². The van der Waals surface area contributed by atoms with Gasteiger partial charge in [0, 0.05) is 25.1 Å². The van der Waals surface area contributed by atoms with Crippen molar-refractivity contribution in [3.05, 3.63) is 47.5 Å². The smallest absolute Gasteiger partial charge is 0.138 e. The SMILES string of the molecule is CCNC(Cc1ccc(F)cc1F)Cc1ncnn1CC. The fourth-order valence-corrected chi connectivity index (χ4v) is 2.39. The number of nitrogens with zero attached hydrogens (tertiary/aromatic N) is 3. The normalized spacial score (nSPS) is 12.6. The summed E-state index contributed by atoms with van der Waals surface area (Å²) in [5, 5.41) is 7.46. The number of nitrogens with one attached hydrogen (secondary N) is 1. The van der Waals surface area contributed by atoms with Gasteiger partial charge in [-0.25, -0.2) is 13.8 Å². The number of halogens is 2. The van der Waals surface area contributed by atoms with Gasteiger partial charge in [-0.15, -0.1) is 0 Å². The number of hydrogen-bond donors (Lipinski definition) is 1. The van der Waals surface area contributed by atoms with Crippen molar-refractivity contribution in [3.63, 3.8) is 0 Å². The Bertz CT molecular complexity index is 583. The van der Waals surface area contributed by atoms with Gasteiger partial charge in [-0.1, -0.05) is 13.0 Å². The average Bonchev–Trinajstić information content (AvgIpc) is 2.89. The summed E-state index contributed by atoms with van der Waals surface area (Å²) in [6, 6.07) is 3.74. The Kier molecular flexibility index (Phi) is 5.38. The van der Waals surface area contributed by atoms with Crippen molar-refractivity contribution in [3.8, 4) is 0 Å². The van der Waals surface area contributed by atoms with Gasteiger partial charge < -0.3 is 5.32 Å². The predicted octanol–water partition coefficient (Wildman–Crippen LogP) is 2.34. The van der Waals surface area contributed by atoms with Crippen LogP contribution in [0.4, 0.5) is 8.78 Å². The van der Waals surface area contributed by atoms with Gasteiger partial charge in [0.1, 0.15) is 23.8 Å². The minimum Gasteiger partial charge on any atom is -0.313 e. The molecule has 2 rings (SSSR count). The molecule has 0 aliphatic rings. The van der Waals surface area contributed by atoms with Crippen LogP contribution < -0.4 is 5.32 Å². The molecule has 0 fully saturated rings. The van der Waals surface area contributed by atoms with Crippen molar-refractivity contribution in [1.29, 1.82) is 0 Å². The highest BCUT2D eigenvalue weighted by molar-refractivity contribution is 5.20. The molecule has 0 amide bonds. The van der Waals surface area contributed by atoms with E-state index in [-0.39, 0.29) is 6.04 Å². The topological polar surface area (TPSA) is 42.7 Å². The van der Waals surface area contributed by atoms with E-state index in [2.05, 4.69) is 15.4 Å². The Morgan fingerprint density at radius 1 is 1.24 bits per heavy atom. The highest BCUT2D eigenvalue weighted by Crippen LogP contribution is 2.13. The van der Waals surface area contributed by atoms with E-state index in [4.69, 9.17) is 0 Å². The first-order valence-electron chi connectivity index (χ1n) is 7.18. The molecule has 0 aliphatic heterocycles. The third-order valence-electron chi connectivity index (χ3n) is 3.40. The van der Waals surface area contributed by atoms with E-state index in [1.165, 1.54) is 18.5 Å². The van der Waals surface area contributed by atoms with Gasteiger partial charge in [-0.3, -0.25) is 4.68 Å². The van der Waals surface area contributed by atoms with E-state index in [0.29, 0.717) is 18.4 Å². The van der Waals surface area contributed by atoms with Crippen LogP contribution in [0.1, 0.15) is 25.2 Å². The van der Waals surface area contributed by atoms with Crippen molar-refractivity contribution in [2.75, 3.05) is 6.54 Å².